The third-order valence-electron chi connectivity index (χ3n) is 5.19. The molecule has 0 aliphatic carbocycles. The van der Waals surface area contributed by atoms with E-state index in [0.29, 0.717) is 6.42 Å². The number of nitrogens with two attached hydrogens (primary N) is 1. The lowest BCUT2D eigenvalue weighted by molar-refractivity contribution is -0.136. The second-order valence-electron chi connectivity index (χ2n) is 7.21. The van der Waals surface area contributed by atoms with Crippen LogP contribution in [0.3, 0.4) is 0 Å². The van der Waals surface area contributed by atoms with E-state index in [2.05, 4.69) is 42.2 Å². The van der Waals surface area contributed by atoms with E-state index in [4.69, 9.17) is 5.73 Å². The van der Waals surface area contributed by atoms with Crippen LogP contribution in [0.15, 0.2) is 48.8 Å². The average molecular weight is 351 g/mol. The van der Waals surface area contributed by atoms with E-state index in [-0.39, 0.29) is 11.9 Å². The summed E-state index contributed by atoms with van der Waals surface area (Å²) in [6.45, 7) is 2.96. The Kier molecular flexibility index (Phi) is 6.40. The van der Waals surface area contributed by atoms with Crippen LogP contribution in [0.1, 0.15) is 55.3 Å². The zero-order valence-corrected chi connectivity index (χ0v) is 15.6. The number of carbonyl (C=O) groups is 1. The Labute approximate surface area is 156 Å². The highest BCUT2D eigenvalue weighted by atomic mass is 16.2. The van der Waals surface area contributed by atoms with Crippen molar-refractivity contribution in [3.63, 3.8) is 0 Å². The molecule has 2 atom stereocenters. The molecule has 0 saturated carbocycles. The molecule has 3 rings (SSSR count). The summed E-state index contributed by atoms with van der Waals surface area (Å²) in [6.07, 6.45) is 9.62. The van der Waals surface area contributed by atoms with Crippen molar-refractivity contribution in [2.75, 3.05) is 6.54 Å². The molecule has 1 aromatic carbocycles. The quantitative estimate of drug-likeness (QED) is 0.864. The third kappa shape index (κ3) is 4.50. The van der Waals surface area contributed by atoms with Crippen LogP contribution in [0, 0.1) is 0 Å². The number of hydrogen-bond donors (Lipinski definition) is 1. The van der Waals surface area contributed by atoms with Gasteiger partial charge in [0.2, 0.25) is 5.91 Å². The molecule has 26 heavy (non-hydrogen) atoms. The fraction of sp³-hybridized carbons (Fsp3) is 0.455. The zero-order chi connectivity index (χ0) is 18.4. The predicted octanol–water partition coefficient (Wildman–Crippen LogP) is 3.66. The fourth-order valence-corrected chi connectivity index (χ4v) is 3.80. The van der Waals surface area contributed by atoms with E-state index in [9.17, 15) is 4.79 Å². The molecule has 2 aromatic rings. The standard InChI is InChI=1S/C22H29N3O/c1-2-6-17-9-11-18(12-10-17)15-20(23)22(26)25-14-4-3-8-21(25)19-7-5-13-24-16-19/h5,7,9-13,16,20-21H,2-4,6,8,14-15,23H2,1H3/t20-,21+/m0/s1. The molecule has 0 bridgehead atoms. The molecule has 2 heterocycles. The maximum absolute atomic E-state index is 13.0. The van der Waals surface area contributed by atoms with Gasteiger partial charge >= 0.3 is 0 Å². The van der Waals surface area contributed by atoms with Gasteiger partial charge in [0.05, 0.1) is 12.1 Å². The Bertz CT molecular complexity index is 699. The highest BCUT2D eigenvalue weighted by molar-refractivity contribution is 5.82. The maximum atomic E-state index is 13.0. The maximum Gasteiger partial charge on any atom is 0.240 e. The summed E-state index contributed by atoms with van der Waals surface area (Å²) < 4.78 is 0. The third-order valence-corrected chi connectivity index (χ3v) is 5.19. The van der Waals surface area contributed by atoms with Crippen LogP contribution >= 0.6 is 0 Å². The van der Waals surface area contributed by atoms with Gasteiger partial charge in [-0.3, -0.25) is 9.78 Å². The Morgan fingerprint density at radius 3 is 2.69 bits per heavy atom. The molecule has 0 spiro atoms. The first-order valence-corrected chi connectivity index (χ1v) is 9.73. The van der Waals surface area contributed by atoms with Gasteiger partial charge in [-0.1, -0.05) is 43.7 Å². The molecule has 0 unspecified atom stereocenters. The lowest BCUT2D eigenvalue weighted by atomic mass is 9.94. The van der Waals surface area contributed by atoms with E-state index in [1.165, 1.54) is 5.56 Å². The summed E-state index contributed by atoms with van der Waals surface area (Å²) in [4.78, 5) is 19.2. The number of carbonyl (C=O) groups excluding carboxylic acids is 1. The number of piperidine rings is 1. The van der Waals surface area contributed by atoms with Gasteiger partial charge in [0, 0.05) is 18.9 Å². The van der Waals surface area contributed by atoms with Crippen molar-refractivity contribution >= 4 is 5.91 Å². The minimum atomic E-state index is -0.496. The Morgan fingerprint density at radius 1 is 1.23 bits per heavy atom. The van der Waals surface area contributed by atoms with Crippen molar-refractivity contribution in [3.05, 3.63) is 65.5 Å². The van der Waals surface area contributed by atoms with Crippen LogP contribution in [0.5, 0.6) is 0 Å². The number of pyridine rings is 1. The van der Waals surface area contributed by atoms with Gasteiger partial charge in [-0.25, -0.2) is 0 Å². The van der Waals surface area contributed by atoms with Gasteiger partial charge in [-0.2, -0.15) is 0 Å². The Balaban J connectivity index is 1.68. The summed E-state index contributed by atoms with van der Waals surface area (Å²) in [7, 11) is 0. The van der Waals surface area contributed by atoms with E-state index < -0.39 is 6.04 Å². The summed E-state index contributed by atoms with van der Waals surface area (Å²) in [5.41, 5.74) is 9.88. The summed E-state index contributed by atoms with van der Waals surface area (Å²) in [5.74, 6) is 0.0520. The van der Waals surface area contributed by atoms with E-state index >= 15 is 0 Å². The van der Waals surface area contributed by atoms with Crippen molar-refractivity contribution in [1.82, 2.24) is 9.88 Å². The molecule has 1 aromatic heterocycles. The van der Waals surface area contributed by atoms with Gasteiger partial charge in [-0.05, 0) is 54.9 Å². The van der Waals surface area contributed by atoms with Crippen molar-refractivity contribution in [1.29, 1.82) is 0 Å². The predicted molar refractivity (Wildman–Crippen MR) is 105 cm³/mol. The minimum absolute atomic E-state index is 0.0520. The molecule has 1 fully saturated rings. The van der Waals surface area contributed by atoms with Crippen LogP contribution in [0.4, 0.5) is 0 Å². The number of benzene rings is 1. The van der Waals surface area contributed by atoms with E-state index in [1.54, 1.807) is 6.20 Å². The highest BCUT2D eigenvalue weighted by Gasteiger charge is 2.31. The van der Waals surface area contributed by atoms with Crippen molar-refractivity contribution in [2.24, 2.45) is 5.73 Å². The number of amides is 1. The monoisotopic (exact) mass is 351 g/mol. The van der Waals surface area contributed by atoms with Gasteiger partial charge in [0.15, 0.2) is 0 Å². The largest absolute Gasteiger partial charge is 0.334 e. The zero-order valence-electron chi connectivity index (χ0n) is 15.6. The fourth-order valence-electron chi connectivity index (χ4n) is 3.80. The number of rotatable bonds is 6. The minimum Gasteiger partial charge on any atom is -0.334 e. The van der Waals surface area contributed by atoms with Crippen LogP contribution in [0.2, 0.25) is 0 Å². The first-order chi connectivity index (χ1) is 12.7. The van der Waals surface area contributed by atoms with Gasteiger partial charge < -0.3 is 10.6 Å². The second-order valence-corrected chi connectivity index (χ2v) is 7.21. The molecule has 1 aliphatic heterocycles. The summed E-state index contributed by atoms with van der Waals surface area (Å²) in [6, 6.07) is 12.1. The van der Waals surface area contributed by atoms with Crippen LogP contribution in [0.25, 0.3) is 0 Å². The molecule has 4 heteroatoms. The van der Waals surface area contributed by atoms with Crippen molar-refractivity contribution in [2.45, 2.75) is 57.5 Å². The van der Waals surface area contributed by atoms with E-state index in [0.717, 1.165) is 49.8 Å². The topological polar surface area (TPSA) is 59.2 Å². The number of aromatic nitrogens is 1. The smallest absolute Gasteiger partial charge is 0.240 e. The lowest BCUT2D eigenvalue weighted by Gasteiger charge is -2.37. The van der Waals surface area contributed by atoms with Crippen molar-refractivity contribution < 1.29 is 4.79 Å². The van der Waals surface area contributed by atoms with Crippen LogP contribution in [-0.2, 0) is 17.6 Å². The number of likely N-dealkylation sites (tertiary alicyclic amines) is 1. The normalized spacial score (nSPS) is 18.5. The molecule has 1 amide bonds. The lowest BCUT2D eigenvalue weighted by Crippen LogP contribution is -2.48. The number of nitrogens with zero attached hydrogens (tertiary/aromatic N) is 2. The van der Waals surface area contributed by atoms with Crippen LogP contribution < -0.4 is 5.73 Å². The molecule has 0 radical (unpaired) electrons. The molecule has 138 valence electrons. The number of hydrogen-bond acceptors (Lipinski definition) is 3. The summed E-state index contributed by atoms with van der Waals surface area (Å²) in [5, 5.41) is 0. The van der Waals surface area contributed by atoms with E-state index in [1.807, 2.05) is 17.2 Å². The van der Waals surface area contributed by atoms with Crippen LogP contribution in [-0.4, -0.2) is 28.4 Å². The molecule has 1 saturated heterocycles. The van der Waals surface area contributed by atoms with Gasteiger partial charge in [-0.15, -0.1) is 0 Å². The second kappa shape index (κ2) is 8.95. The number of aryl methyl sites for hydroxylation is 1. The highest BCUT2D eigenvalue weighted by Crippen LogP contribution is 2.31. The molecule has 1 aliphatic rings. The first-order valence-electron chi connectivity index (χ1n) is 9.73. The molecule has 2 N–H and O–H groups in total. The van der Waals surface area contributed by atoms with Gasteiger partial charge in [0.25, 0.3) is 0 Å². The molecule has 4 nitrogen and oxygen atoms in total. The molecular formula is C22H29N3O. The Morgan fingerprint density at radius 2 is 2.00 bits per heavy atom. The van der Waals surface area contributed by atoms with Crippen molar-refractivity contribution in [3.8, 4) is 0 Å². The SMILES string of the molecule is CCCc1ccc(C[C@H](N)C(=O)N2CCCC[C@@H]2c2cccnc2)cc1. The first kappa shape index (κ1) is 18.6. The Hall–Kier alpha value is -2.20. The summed E-state index contributed by atoms with van der Waals surface area (Å²) >= 11 is 0. The van der Waals surface area contributed by atoms with Gasteiger partial charge in [0.1, 0.15) is 0 Å². The molecular weight excluding hydrogens is 322 g/mol. The average Bonchev–Trinajstić information content (AvgIpc) is 2.70.